The summed E-state index contributed by atoms with van der Waals surface area (Å²) in [4.78, 5) is 28.6. The van der Waals surface area contributed by atoms with E-state index in [9.17, 15) is 19.1 Å². The zero-order chi connectivity index (χ0) is 28.3. The van der Waals surface area contributed by atoms with E-state index in [4.69, 9.17) is 32.5 Å². The fraction of sp³-hybridized carbons (Fsp3) is 0.321. The average Bonchev–Trinajstić information content (AvgIpc) is 2.86. The van der Waals surface area contributed by atoms with Gasteiger partial charge >= 0.3 is 0 Å². The van der Waals surface area contributed by atoms with Gasteiger partial charge in [0.25, 0.3) is 5.91 Å². The molecule has 0 saturated heterocycles. The Balaban J connectivity index is 1.87. The van der Waals surface area contributed by atoms with Gasteiger partial charge in [-0.3, -0.25) is 9.59 Å². The van der Waals surface area contributed by atoms with Crippen LogP contribution in [0.5, 0.6) is 11.5 Å². The lowest BCUT2D eigenvalue weighted by atomic mass is 9.88. The molecular weight excluding hydrogens is 513 g/mol. The zero-order valence-electron chi connectivity index (χ0n) is 21.7. The van der Waals surface area contributed by atoms with Crippen molar-refractivity contribution in [3.63, 3.8) is 0 Å². The molecule has 10 heteroatoms. The Morgan fingerprint density at radius 2 is 1.79 bits per heavy atom. The monoisotopic (exact) mass is 543 g/mol. The van der Waals surface area contributed by atoms with Crippen LogP contribution < -0.4 is 20.9 Å². The van der Waals surface area contributed by atoms with E-state index in [1.807, 2.05) is 13.8 Å². The third-order valence-corrected chi connectivity index (χ3v) is 6.32. The van der Waals surface area contributed by atoms with Gasteiger partial charge in [0.1, 0.15) is 11.4 Å². The number of hydrogen-bond acceptors (Lipinski definition) is 7. The van der Waals surface area contributed by atoms with Gasteiger partial charge in [-0.15, -0.1) is 0 Å². The number of ether oxygens (including phenoxy) is 2. The molecule has 3 aromatic rings. The number of aliphatic hydroxyl groups is 1. The minimum Gasteiger partial charge on any atom is -0.493 e. The van der Waals surface area contributed by atoms with Crippen LogP contribution in [0.3, 0.4) is 0 Å². The lowest BCUT2D eigenvalue weighted by Crippen LogP contribution is -2.31. The van der Waals surface area contributed by atoms with Crippen molar-refractivity contribution in [2.75, 3.05) is 13.7 Å². The van der Waals surface area contributed by atoms with Gasteiger partial charge in [0.15, 0.2) is 23.9 Å². The number of ketones is 1. The maximum atomic E-state index is 13.7. The SMILES string of the molecule is COc1cc(C(=O)CCC(C)(O)c2cc(C(C)(C)N)cc(-c3ccc(F)c(Cl)c3)n2)ccc1OCC(N)=O. The van der Waals surface area contributed by atoms with Gasteiger partial charge in [-0.2, -0.15) is 0 Å². The number of hydrogen-bond donors (Lipinski definition) is 3. The molecule has 0 saturated carbocycles. The Hall–Kier alpha value is -3.53. The first-order valence-electron chi connectivity index (χ1n) is 11.8. The first-order valence-corrected chi connectivity index (χ1v) is 12.2. The maximum Gasteiger partial charge on any atom is 0.255 e. The van der Waals surface area contributed by atoms with Crippen molar-refractivity contribution in [1.29, 1.82) is 0 Å². The standard InChI is InChI=1S/C28H31ClFN3O5/c1-27(2,32)18-13-21(16-5-7-20(30)19(29)11-16)33-25(14-18)28(3,36)10-9-22(34)17-6-8-23(24(12-17)37-4)38-15-26(31)35/h5-8,11-14,36H,9-10,15,32H2,1-4H3,(H2,31,35). The van der Waals surface area contributed by atoms with Gasteiger partial charge in [0.2, 0.25) is 0 Å². The molecule has 0 fully saturated rings. The van der Waals surface area contributed by atoms with E-state index >= 15 is 0 Å². The molecule has 1 unspecified atom stereocenters. The summed E-state index contributed by atoms with van der Waals surface area (Å²) in [6.45, 7) is 4.87. The highest BCUT2D eigenvalue weighted by Crippen LogP contribution is 2.34. The minimum absolute atomic E-state index is 0.00667. The second kappa shape index (κ2) is 11.5. The highest BCUT2D eigenvalue weighted by Gasteiger charge is 2.29. The van der Waals surface area contributed by atoms with Gasteiger partial charge in [-0.1, -0.05) is 11.6 Å². The minimum atomic E-state index is -1.50. The lowest BCUT2D eigenvalue weighted by Gasteiger charge is -2.27. The molecule has 1 amide bonds. The summed E-state index contributed by atoms with van der Waals surface area (Å²) in [5.74, 6) is -0.901. The number of aromatic nitrogens is 1. The van der Waals surface area contributed by atoms with Crippen molar-refractivity contribution >= 4 is 23.3 Å². The van der Waals surface area contributed by atoms with Crippen molar-refractivity contribution < 1.29 is 28.6 Å². The Labute approximate surface area is 225 Å². The Kier molecular flexibility index (Phi) is 8.76. The molecule has 0 radical (unpaired) electrons. The topological polar surface area (TPSA) is 138 Å². The van der Waals surface area contributed by atoms with E-state index in [2.05, 4.69) is 4.98 Å². The normalized spacial score (nSPS) is 13.1. The molecule has 3 rings (SSSR count). The fourth-order valence-electron chi connectivity index (χ4n) is 3.72. The number of carbonyl (C=O) groups is 2. The molecule has 0 bridgehead atoms. The molecule has 0 aliphatic rings. The van der Waals surface area contributed by atoms with Crippen molar-refractivity contribution in [2.45, 2.75) is 44.8 Å². The molecule has 38 heavy (non-hydrogen) atoms. The van der Waals surface area contributed by atoms with E-state index in [-0.39, 0.29) is 41.8 Å². The van der Waals surface area contributed by atoms with E-state index in [1.54, 1.807) is 31.2 Å². The quantitative estimate of drug-likeness (QED) is 0.303. The van der Waals surface area contributed by atoms with Gasteiger partial charge in [0, 0.05) is 23.1 Å². The van der Waals surface area contributed by atoms with E-state index in [0.29, 0.717) is 28.1 Å². The van der Waals surface area contributed by atoms with Gasteiger partial charge in [-0.05, 0) is 81.3 Å². The van der Waals surface area contributed by atoms with E-state index in [0.717, 1.165) is 0 Å². The van der Waals surface area contributed by atoms with Crippen LogP contribution in [-0.2, 0) is 15.9 Å². The molecule has 0 aliphatic heterocycles. The van der Waals surface area contributed by atoms with Crippen LogP contribution in [0, 0.1) is 5.82 Å². The number of amides is 1. The molecule has 202 valence electrons. The molecule has 0 spiro atoms. The Morgan fingerprint density at radius 3 is 2.39 bits per heavy atom. The summed E-state index contributed by atoms with van der Waals surface area (Å²) in [6, 6.07) is 12.3. The first kappa shape index (κ1) is 29.0. The molecule has 1 heterocycles. The Morgan fingerprint density at radius 1 is 1.08 bits per heavy atom. The number of halogens is 2. The number of Topliss-reactive ketones (excluding diaryl/α,β-unsaturated/α-hetero) is 1. The summed E-state index contributed by atoms with van der Waals surface area (Å²) in [5.41, 5.74) is 11.6. The predicted octanol–water partition coefficient (Wildman–Crippen LogP) is 4.48. The van der Waals surface area contributed by atoms with Gasteiger partial charge in [-0.25, -0.2) is 9.37 Å². The Bertz CT molecular complexity index is 1350. The highest BCUT2D eigenvalue weighted by molar-refractivity contribution is 6.31. The second-order valence-electron chi connectivity index (χ2n) is 9.79. The number of nitrogens with two attached hydrogens (primary N) is 2. The molecule has 1 atom stereocenters. The molecule has 2 aromatic carbocycles. The predicted molar refractivity (Wildman–Crippen MR) is 143 cm³/mol. The second-order valence-corrected chi connectivity index (χ2v) is 10.2. The van der Waals surface area contributed by atoms with Crippen LogP contribution in [0.25, 0.3) is 11.3 Å². The van der Waals surface area contributed by atoms with Crippen LogP contribution in [-0.4, -0.2) is 35.5 Å². The van der Waals surface area contributed by atoms with E-state index < -0.39 is 22.9 Å². The fourth-order valence-corrected chi connectivity index (χ4v) is 3.90. The van der Waals surface area contributed by atoms with Crippen LogP contribution >= 0.6 is 11.6 Å². The van der Waals surface area contributed by atoms with E-state index in [1.165, 1.54) is 31.4 Å². The molecule has 5 N–H and O–H groups in total. The average molecular weight is 544 g/mol. The smallest absolute Gasteiger partial charge is 0.255 e. The van der Waals surface area contributed by atoms with Crippen LogP contribution in [0.4, 0.5) is 4.39 Å². The number of methoxy groups -OCH3 is 1. The van der Waals surface area contributed by atoms with Crippen LogP contribution in [0.2, 0.25) is 5.02 Å². The van der Waals surface area contributed by atoms with Crippen molar-refractivity contribution in [1.82, 2.24) is 4.98 Å². The van der Waals surface area contributed by atoms with Crippen molar-refractivity contribution in [3.05, 3.63) is 76.2 Å². The van der Waals surface area contributed by atoms with Gasteiger partial charge in [0.05, 0.1) is 23.5 Å². The van der Waals surface area contributed by atoms with Crippen LogP contribution in [0.1, 0.15) is 55.2 Å². The highest BCUT2D eigenvalue weighted by atomic mass is 35.5. The summed E-state index contributed by atoms with van der Waals surface area (Å²) >= 11 is 5.98. The number of benzene rings is 2. The molecular formula is C28H31ClFN3O5. The summed E-state index contributed by atoms with van der Waals surface area (Å²) in [6.07, 6.45) is 0.0480. The third-order valence-electron chi connectivity index (χ3n) is 6.03. The summed E-state index contributed by atoms with van der Waals surface area (Å²) in [5, 5.41) is 11.3. The summed E-state index contributed by atoms with van der Waals surface area (Å²) < 4.78 is 24.3. The molecule has 0 aliphatic carbocycles. The number of nitrogens with zero attached hydrogens (tertiary/aromatic N) is 1. The van der Waals surface area contributed by atoms with Crippen molar-refractivity contribution in [2.24, 2.45) is 11.5 Å². The number of rotatable bonds is 11. The number of pyridine rings is 1. The first-order chi connectivity index (χ1) is 17.7. The zero-order valence-corrected chi connectivity index (χ0v) is 22.4. The third kappa shape index (κ3) is 7.06. The van der Waals surface area contributed by atoms with Crippen LogP contribution in [0.15, 0.2) is 48.5 Å². The number of carbonyl (C=O) groups excluding carboxylic acids is 2. The van der Waals surface area contributed by atoms with Gasteiger partial charge < -0.3 is 26.0 Å². The maximum absolute atomic E-state index is 13.7. The summed E-state index contributed by atoms with van der Waals surface area (Å²) in [7, 11) is 1.41. The number of primary amides is 1. The van der Waals surface area contributed by atoms with Crippen molar-refractivity contribution in [3.8, 4) is 22.8 Å². The largest absolute Gasteiger partial charge is 0.493 e. The lowest BCUT2D eigenvalue weighted by molar-refractivity contribution is -0.119. The molecule has 1 aromatic heterocycles. The molecule has 8 nitrogen and oxygen atoms in total.